The van der Waals surface area contributed by atoms with Gasteiger partial charge in [0.15, 0.2) is 0 Å². The van der Waals surface area contributed by atoms with Crippen molar-refractivity contribution < 1.29 is 9.59 Å². The zero-order chi connectivity index (χ0) is 14.3. The summed E-state index contributed by atoms with van der Waals surface area (Å²) >= 11 is 3.46. The first-order chi connectivity index (χ1) is 9.56. The molecule has 1 aliphatic carbocycles. The lowest BCUT2D eigenvalue weighted by atomic mass is 10.2. The summed E-state index contributed by atoms with van der Waals surface area (Å²) < 4.78 is 1.03. The van der Waals surface area contributed by atoms with Crippen LogP contribution in [0.15, 0.2) is 22.7 Å². The second-order valence-corrected chi connectivity index (χ2v) is 6.40. The molecule has 5 heteroatoms. The highest BCUT2D eigenvalue weighted by Crippen LogP contribution is 2.30. The van der Waals surface area contributed by atoms with Gasteiger partial charge in [-0.1, -0.05) is 15.9 Å². The number of benzene rings is 1. The molecule has 0 bridgehead atoms. The average Bonchev–Trinajstić information content (AvgIpc) is 3.20. The molecule has 1 saturated carbocycles. The van der Waals surface area contributed by atoms with E-state index in [1.165, 1.54) is 0 Å². The summed E-state index contributed by atoms with van der Waals surface area (Å²) in [5, 5.41) is 2.88. The lowest BCUT2D eigenvalue weighted by molar-refractivity contribution is -0.127. The summed E-state index contributed by atoms with van der Waals surface area (Å²) in [6.07, 6.45) is 2.61. The fraction of sp³-hybridized carbons (Fsp3) is 0.467. The molecule has 0 spiro atoms. The van der Waals surface area contributed by atoms with Crippen LogP contribution in [-0.2, 0) is 9.59 Å². The Bertz CT molecular complexity index is 569. The van der Waals surface area contributed by atoms with E-state index in [2.05, 4.69) is 21.2 Å². The van der Waals surface area contributed by atoms with E-state index in [1.807, 2.05) is 25.1 Å². The third-order valence-corrected chi connectivity index (χ3v) is 4.81. The number of anilines is 1. The van der Waals surface area contributed by atoms with Crippen molar-refractivity contribution in [3.63, 3.8) is 0 Å². The number of halogens is 1. The minimum atomic E-state index is -0.355. The first kappa shape index (κ1) is 13.6. The van der Waals surface area contributed by atoms with Gasteiger partial charge in [-0.05, 0) is 49.9 Å². The number of aryl methyl sites for hydroxylation is 1. The van der Waals surface area contributed by atoms with Gasteiger partial charge in [0.1, 0.15) is 6.04 Å². The monoisotopic (exact) mass is 336 g/mol. The quantitative estimate of drug-likeness (QED) is 0.921. The molecule has 106 valence electrons. The molecule has 1 saturated heterocycles. The van der Waals surface area contributed by atoms with E-state index in [0.717, 1.165) is 28.6 Å². The highest BCUT2D eigenvalue weighted by Gasteiger charge is 2.37. The molecule has 4 nitrogen and oxygen atoms in total. The number of nitrogens with zero attached hydrogens (tertiary/aromatic N) is 1. The topological polar surface area (TPSA) is 49.4 Å². The molecule has 0 radical (unpaired) electrons. The number of carbonyl (C=O) groups excluding carboxylic acids is 2. The van der Waals surface area contributed by atoms with Crippen molar-refractivity contribution in [3.05, 3.63) is 28.2 Å². The van der Waals surface area contributed by atoms with E-state index < -0.39 is 0 Å². The van der Waals surface area contributed by atoms with Gasteiger partial charge in [-0.3, -0.25) is 9.59 Å². The third-order valence-electron chi connectivity index (χ3n) is 3.92. The van der Waals surface area contributed by atoms with Gasteiger partial charge in [0.05, 0.1) is 0 Å². The Morgan fingerprint density at radius 2 is 2.10 bits per heavy atom. The lowest BCUT2D eigenvalue weighted by Crippen LogP contribution is -2.42. The van der Waals surface area contributed by atoms with Crippen LogP contribution in [0, 0.1) is 12.8 Å². The lowest BCUT2D eigenvalue weighted by Gasteiger charge is -2.18. The van der Waals surface area contributed by atoms with E-state index in [0.29, 0.717) is 13.0 Å². The summed E-state index contributed by atoms with van der Waals surface area (Å²) in [6, 6.07) is 5.52. The third kappa shape index (κ3) is 2.59. The maximum atomic E-state index is 12.4. The van der Waals surface area contributed by atoms with E-state index in [1.54, 1.807) is 4.90 Å². The molecule has 2 fully saturated rings. The minimum Gasteiger partial charge on any atom is -0.344 e. The molecular formula is C15H17BrN2O2. The number of carbonyl (C=O) groups is 2. The van der Waals surface area contributed by atoms with Crippen molar-refractivity contribution in [2.75, 3.05) is 11.4 Å². The molecule has 3 rings (SSSR count). The highest BCUT2D eigenvalue weighted by atomic mass is 79.9. The number of hydrogen-bond donors (Lipinski definition) is 1. The summed E-state index contributed by atoms with van der Waals surface area (Å²) in [5.41, 5.74) is 2.00. The van der Waals surface area contributed by atoms with E-state index in [4.69, 9.17) is 0 Å². The summed E-state index contributed by atoms with van der Waals surface area (Å²) in [5.74, 6) is 0.185. The van der Waals surface area contributed by atoms with Crippen LogP contribution in [0.5, 0.6) is 0 Å². The molecule has 2 aliphatic rings. The molecule has 1 unspecified atom stereocenters. The second-order valence-electron chi connectivity index (χ2n) is 5.55. The van der Waals surface area contributed by atoms with Crippen molar-refractivity contribution in [3.8, 4) is 0 Å². The van der Waals surface area contributed by atoms with Gasteiger partial charge in [-0.25, -0.2) is 0 Å². The number of hydrogen-bond acceptors (Lipinski definition) is 2. The minimum absolute atomic E-state index is 0.000669. The van der Waals surface area contributed by atoms with E-state index in [-0.39, 0.29) is 23.8 Å². The van der Waals surface area contributed by atoms with Gasteiger partial charge in [0.25, 0.3) is 0 Å². The zero-order valence-electron chi connectivity index (χ0n) is 11.4. The highest BCUT2D eigenvalue weighted by molar-refractivity contribution is 9.10. The van der Waals surface area contributed by atoms with E-state index >= 15 is 0 Å². The SMILES string of the molecule is Cc1cc(N2CCC(NC(=O)C3CC3)C2=O)ccc1Br. The molecule has 1 aromatic rings. The maximum Gasteiger partial charge on any atom is 0.249 e. The van der Waals surface area contributed by atoms with Crippen LogP contribution in [0.4, 0.5) is 5.69 Å². The predicted molar refractivity (Wildman–Crippen MR) is 80.5 cm³/mol. The van der Waals surface area contributed by atoms with Gasteiger partial charge in [-0.2, -0.15) is 0 Å². The summed E-state index contributed by atoms with van der Waals surface area (Å²) in [7, 11) is 0. The first-order valence-corrected chi connectivity index (χ1v) is 7.73. The van der Waals surface area contributed by atoms with Gasteiger partial charge in [-0.15, -0.1) is 0 Å². The Balaban J connectivity index is 1.71. The summed E-state index contributed by atoms with van der Waals surface area (Å²) in [6.45, 7) is 2.66. The van der Waals surface area contributed by atoms with Crippen LogP contribution in [0.3, 0.4) is 0 Å². The van der Waals surface area contributed by atoms with Crippen molar-refractivity contribution in [1.82, 2.24) is 5.32 Å². The molecular weight excluding hydrogens is 320 g/mol. The van der Waals surface area contributed by atoms with E-state index in [9.17, 15) is 9.59 Å². The number of nitrogens with one attached hydrogen (secondary N) is 1. The average molecular weight is 337 g/mol. The molecule has 1 aromatic carbocycles. The number of rotatable bonds is 3. The Labute approximate surface area is 126 Å². The molecule has 20 heavy (non-hydrogen) atoms. The van der Waals surface area contributed by atoms with Crippen LogP contribution in [0.1, 0.15) is 24.8 Å². The maximum absolute atomic E-state index is 12.4. The van der Waals surface area contributed by atoms with Crippen molar-refractivity contribution >= 4 is 33.4 Å². The van der Waals surface area contributed by atoms with Crippen molar-refractivity contribution in [2.24, 2.45) is 5.92 Å². The van der Waals surface area contributed by atoms with Crippen LogP contribution < -0.4 is 10.2 Å². The second kappa shape index (κ2) is 5.20. The smallest absolute Gasteiger partial charge is 0.249 e. The van der Waals surface area contributed by atoms with Gasteiger partial charge in [0, 0.05) is 22.6 Å². The molecule has 1 atom stereocenters. The molecule has 2 amide bonds. The Hall–Kier alpha value is -1.36. The Morgan fingerprint density at radius 3 is 2.75 bits per heavy atom. The van der Waals surface area contributed by atoms with Gasteiger partial charge < -0.3 is 10.2 Å². The first-order valence-electron chi connectivity index (χ1n) is 6.94. The van der Waals surface area contributed by atoms with Crippen molar-refractivity contribution in [1.29, 1.82) is 0 Å². The Kier molecular flexibility index (Phi) is 3.54. The largest absolute Gasteiger partial charge is 0.344 e. The fourth-order valence-corrected chi connectivity index (χ4v) is 2.75. The molecule has 0 aromatic heterocycles. The van der Waals surface area contributed by atoms with Crippen LogP contribution in [-0.4, -0.2) is 24.4 Å². The molecule has 1 heterocycles. The van der Waals surface area contributed by atoms with Crippen LogP contribution >= 0.6 is 15.9 Å². The van der Waals surface area contributed by atoms with Crippen LogP contribution in [0.2, 0.25) is 0 Å². The zero-order valence-corrected chi connectivity index (χ0v) is 12.9. The molecule has 1 N–H and O–H groups in total. The van der Waals surface area contributed by atoms with Crippen LogP contribution in [0.25, 0.3) is 0 Å². The number of amides is 2. The fourth-order valence-electron chi connectivity index (χ4n) is 2.50. The predicted octanol–water partition coefficient (Wildman–Crippen LogP) is 2.39. The van der Waals surface area contributed by atoms with Gasteiger partial charge in [0.2, 0.25) is 11.8 Å². The molecule has 1 aliphatic heterocycles. The standard InChI is InChI=1S/C15H17BrN2O2/c1-9-8-11(4-5-12(9)16)18-7-6-13(15(18)20)17-14(19)10-2-3-10/h4-5,8,10,13H,2-3,6-7H2,1H3,(H,17,19). The summed E-state index contributed by atoms with van der Waals surface area (Å²) in [4.78, 5) is 25.9. The normalized spacial score (nSPS) is 22.2. The van der Waals surface area contributed by atoms with Gasteiger partial charge >= 0.3 is 0 Å². The Morgan fingerprint density at radius 1 is 1.35 bits per heavy atom. The van der Waals surface area contributed by atoms with Crippen molar-refractivity contribution in [2.45, 2.75) is 32.2 Å².